The lowest BCUT2D eigenvalue weighted by atomic mass is 10.0. The number of amides is 1. The van der Waals surface area contributed by atoms with Crippen LogP contribution in [0.3, 0.4) is 0 Å². The van der Waals surface area contributed by atoms with Crippen LogP contribution in [0.15, 0.2) is 6.20 Å². The number of carbonyl (C=O) groups is 1. The largest absolute Gasteiger partial charge is 0.350 e. The Morgan fingerprint density at radius 2 is 2.47 bits per heavy atom. The molecule has 1 aliphatic heterocycles. The quantitative estimate of drug-likeness (QED) is 0.899. The molecule has 1 atom stereocenters. The van der Waals surface area contributed by atoms with Gasteiger partial charge in [0.2, 0.25) is 0 Å². The van der Waals surface area contributed by atoms with Crippen LogP contribution in [0.5, 0.6) is 0 Å². The number of hydrogen-bond acceptors (Lipinski definition) is 4. The highest BCUT2D eigenvalue weighted by Crippen LogP contribution is 2.15. The van der Waals surface area contributed by atoms with Crippen LogP contribution in [0.25, 0.3) is 0 Å². The number of piperidine rings is 1. The predicted molar refractivity (Wildman–Crippen MR) is 78.7 cm³/mol. The number of nitrogens with zero attached hydrogens (tertiary/aromatic N) is 2. The van der Waals surface area contributed by atoms with E-state index in [9.17, 15) is 4.79 Å². The summed E-state index contributed by atoms with van der Waals surface area (Å²) in [5, 5.41) is 4.01. The lowest BCUT2D eigenvalue weighted by Crippen LogP contribution is -2.40. The van der Waals surface area contributed by atoms with Crippen molar-refractivity contribution < 1.29 is 4.79 Å². The maximum Gasteiger partial charge on any atom is 0.263 e. The smallest absolute Gasteiger partial charge is 0.263 e. The first-order chi connectivity index (χ1) is 9.19. The highest BCUT2D eigenvalue weighted by atomic mass is 32.1. The molecule has 0 bridgehead atoms. The van der Waals surface area contributed by atoms with Gasteiger partial charge in [0.05, 0.1) is 11.2 Å². The van der Waals surface area contributed by atoms with Crippen molar-refractivity contribution in [2.24, 2.45) is 5.92 Å². The van der Waals surface area contributed by atoms with Crippen molar-refractivity contribution >= 4 is 17.2 Å². The van der Waals surface area contributed by atoms with E-state index in [1.807, 2.05) is 0 Å². The van der Waals surface area contributed by atoms with Gasteiger partial charge in [0.15, 0.2) is 0 Å². The molecular formula is C14H23N3OS. The Labute approximate surface area is 119 Å². The Hall–Kier alpha value is -0.940. The summed E-state index contributed by atoms with van der Waals surface area (Å²) in [5.41, 5.74) is 0. The van der Waals surface area contributed by atoms with Crippen molar-refractivity contribution in [2.45, 2.75) is 33.1 Å². The second-order valence-electron chi connectivity index (χ2n) is 5.28. The first-order valence-corrected chi connectivity index (χ1v) is 7.96. The predicted octanol–water partition coefficient (Wildman–Crippen LogP) is 2.17. The van der Waals surface area contributed by atoms with Crippen molar-refractivity contribution in [3.63, 3.8) is 0 Å². The second-order valence-corrected chi connectivity index (χ2v) is 6.39. The second kappa shape index (κ2) is 7.01. The Bertz CT molecular complexity index is 419. The minimum Gasteiger partial charge on any atom is -0.350 e. The van der Waals surface area contributed by atoms with Crippen molar-refractivity contribution in [3.05, 3.63) is 16.1 Å². The molecule has 0 spiro atoms. The van der Waals surface area contributed by atoms with E-state index in [-0.39, 0.29) is 5.91 Å². The number of nitrogens with one attached hydrogen (secondary N) is 1. The van der Waals surface area contributed by atoms with E-state index in [1.165, 1.54) is 30.7 Å². The third-order valence-electron chi connectivity index (χ3n) is 3.53. The van der Waals surface area contributed by atoms with Crippen LogP contribution >= 0.6 is 11.3 Å². The minimum atomic E-state index is 0.0160. The molecule has 0 aromatic carbocycles. The Morgan fingerprint density at radius 3 is 3.16 bits per heavy atom. The van der Waals surface area contributed by atoms with Crippen molar-refractivity contribution in [1.29, 1.82) is 0 Å². The van der Waals surface area contributed by atoms with Crippen molar-refractivity contribution in [3.8, 4) is 0 Å². The Morgan fingerprint density at radius 1 is 1.63 bits per heavy atom. The zero-order chi connectivity index (χ0) is 13.7. The lowest BCUT2D eigenvalue weighted by Gasteiger charge is -2.30. The molecule has 2 rings (SSSR count). The number of hydrogen-bond donors (Lipinski definition) is 1. The van der Waals surface area contributed by atoms with E-state index in [1.54, 1.807) is 6.20 Å². The number of rotatable bonds is 5. The number of aryl methyl sites for hydroxylation is 1. The summed E-state index contributed by atoms with van der Waals surface area (Å²) in [5.74, 6) is 0.806. The summed E-state index contributed by atoms with van der Waals surface area (Å²) < 4.78 is 0. The Balaban J connectivity index is 1.71. The molecule has 2 heterocycles. The van der Waals surface area contributed by atoms with Crippen molar-refractivity contribution in [2.75, 3.05) is 26.2 Å². The fourth-order valence-electron chi connectivity index (χ4n) is 2.48. The van der Waals surface area contributed by atoms with Gasteiger partial charge in [-0.25, -0.2) is 4.98 Å². The zero-order valence-corrected chi connectivity index (χ0v) is 12.6. The van der Waals surface area contributed by atoms with E-state index in [0.29, 0.717) is 0 Å². The SMILES string of the molecule is CCc1ncc(C(=O)NCCN2CCC[C@H](C)C2)s1. The third-order valence-corrected chi connectivity index (χ3v) is 4.67. The summed E-state index contributed by atoms with van der Waals surface area (Å²) in [4.78, 5) is 19.3. The van der Waals surface area contributed by atoms with E-state index in [2.05, 4.69) is 29.0 Å². The maximum absolute atomic E-state index is 11.9. The van der Waals surface area contributed by atoms with Gasteiger partial charge in [-0.3, -0.25) is 4.79 Å². The van der Waals surface area contributed by atoms with Gasteiger partial charge in [-0.2, -0.15) is 0 Å². The number of thiazole rings is 1. The maximum atomic E-state index is 11.9. The number of likely N-dealkylation sites (tertiary alicyclic amines) is 1. The molecular weight excluding hydrogens is 258 g/mol. The molecule has 1 fully saturated rings. The van der Waals surface area contributed by atoms with Gasteiger partial charge < -0.3 is 10.2 Å². The standard InChI is InChI=1S/C14H23N3OS/c1-3-13-16-9-12(19-13)14(18)15-6-8-17-7-4-5-11(2)10-17/h9,11H,3-8,10H2,1-2H3,(H,15,18)/t11-/m0/s1. The summed E-state index contributed by atoms with van der Waals surface area (Å²) >= 11 is 1.49. The summed E-state index contributed by atoms with van der Waals surface area (Å²) in [7, 11) is 0. The van der Waals surface area contributed by atoms with Crippen LogP contribution in [0.1, 0.15) is 41.4 Å². The van der Waals surface area contributed by atoms with Crippen LogP contribution in [0.2, 0.25) is 0 Å². The average molecular weight is 281 g/mol. The monoisotopic (exact) mass is 281 g/mol. The first kappa shape index (κ1) is 14.5. The molecule has 0 unspecified atom stereocenters. The first-order valence-electron chi connectivity index (χ1n) is 7.14. The fraction of sp³-hybridized carbons (Fsp3) is 0.714. The normalized spacial score (nSPS) is 20.4. The number of carbonyl (C=O) groups excluding carboxylic acids is 1. The molecule has 1 N–H and O–H groups in total. The Kier molecular flexibility index (Phi) is 5.34. The van der Waals surface area contributed by atoms with Crippen LogP contribution in [-0.2, 0) is 6.42 Å². The van der Waals surface area contributed by atoms with Gasteiger partial charge in [-0.15, -0.1) is 11.3 Å². The molecule has 0 radical (unpaired) electrons. The van der Waals surface area contributed by atoms with Crippen LogP contribution in [0, 0.1) is 5.92 Å². The zero-order valence-electron chi connectivity index (χ0n) is 11.8. The van der Waals surface area contributed by atoms with Gasteiger partial charge >= 0.3 is 0 Å². The highest BCUT2D eigenvalue weighted by molar-refractivity contribution is 7.13. The number of aromatic nitrogens is 1. The minimum absolute atomic E-state index is 0.0160. The molecule has 1 saturated heterocycles. The molecule has 0 aliphatic carbocycles. The van der Waals surface area contributed by atoms with Crippen LogP contribution < -0.4 is 5.32 Å². The van der Waals surface area contributed by atoms with Gasteiger partial charge in [0.25, 0.3) is 5.91 Å². The molecule has 1 aromatic rings. The molecule has 5 heteroatoms. The molecule has 1 amide bonds. The van der Waals surface area contributed by atoms with Gasteiger partial charge in [0, 0.05) is 19.6 Å². The lowest BCUT2D eigenvalue weighted by molar-refractivity contribution is 0.0947. The van der Waals surface area contributed by atoms with Gasteiger partial charge in [-0.1, -0.05) is 13.8 Å². The fourth-order valence-corrected chi connectivity index (χ4v) is 3.26. The van der Waals surface area contributed by atoms with E-state index in [0.717, 1.165) is 41.9 Å². The summed E-state index contributed by atoms with van der Waals surface area (Å²) in [6.07, 6.45) is 5.19. The van der Waals surface area contributed by atoms with Crippen molar-refractivity contribution in [1.82, 2.24) is 15.2 Å². The van der Waals surface area contributed by atoms with Crippen LogP contribution in [-0.4, -0.2) is 42.0 Å². The van der Waals surface area contributed by atoms with E-state index >= 15 is 0 Å². The highest BCUT2D eigenvalue weighted by Gasteiger charge is 2.16. The molecule has 4 nitrogen and oxygen atoms in total. The molecule has 1 aliphatic rings. The topological polar surface area (TPSA) is 45.2 Å². The van der Waals surface area contributed by atoms with E-state index < -0.39 is 0 Å². The average Bonchev–Trinajstić information content (AvgIpc) is 2.87. The molecule has 1 aromatic heterocycles. The third kappa shape index (κ3) is 4.28. The van der Waals surface area contributed by atoms with Gasteiger partial charge in [-0.05, 0) is 31.7 Å². The molecule has 19 heavy (non-hydrogen) atoms. The molecule has 106 valence electrons. The van der Waals surface area contributed by atoms with E-state index in [4.69, 9.17) is 0 Å². The van der Waals surface area contributed by atoms with Crippen LogP contribution in [0.4, 0.5) is 0 Å². The molecule has 0 saturated carbocycles. The van der Waals surface area contributed by atoms with Gasteiger partial charge in [0.1, 0.15) is 4.88 Å². The summed E-state index contributed by atoms with van der Waals surface area (Å²) in [6, 6.07) is 0. The summed E-state index contributed by atoms with van der Waals surface area (Å²) in [6.45, 7) is 8.37.